The van der Waals surface area contributed by atoms with E-state index >= 15 is 0 Å². The number of hydrogen-bond acceptors (Lipinski definition) is 6. The van der Waals surface area contributed by atoms with E-state index in [1.807, 2.05) is 20.2 Å². The molecular weight excluding hydrogens is 378 g/mol. The third-order valence-corrected chi connectivity index (χ3v) is 5.29. The summed E-state index contributed by atoms with van der Waals surface area (Å²) in [6.07, 6.45) is 1.000. The Balaban J connectivity index is 1.75. The summed E-state index contributed by atoms with van der Waals surface area (Å²) in [7, 11) is 9.87. The zero-order chi connectivity index (χ0) is 21.5. The van der Waals surface area contributed by atoms with Crippen molar-refractivity contribution in [2.75, 3.05) is 68.1 Å². The fourth-order valence-electron chi connectivity index (χ4n) is 3.60. The first-order valence-corrected chi connectivity index (χ1v) is 10.6. The van der Waals surface area contributed by atoms with E-state index in [1.165, 1.54) is 16.7 Å². The molecule has 1 unspecified atom stereocenters. The van der Waals surface area contributed by atoms with E-state index in [4.69, 9.17) is 14.2 Å². The van der Waals surface area contributed by atoms with Crippen molar-refractivity contribution >= 4 is 0 Å². The van der Waals surface area contributed by atoms with Crippen molar-refractivity contribution in [1.29, 1.82) is 0 Å². The van der Waals surface area contributed by atoms with Crippen LogP contribution in [0.1, 0.15) is 22.7 Å². The average Bonchev–Trinajstić information content (AvgIpc) is 2.73. The highest BCUT2D eigenvalue weighted by Crippen LogP contribution is 2.36. The Morgan fingerprint density at radius 3 is 2.33 bits per heavy atom. The summed E-state index contributed by atoms with van der Waals surface area (Å²) in [5, 5.41) is 3.65. The van der Waals surface area contributed by atoms with Gasteiger partial charge in [0.25, 0.3) is 0 Å². The second-order valence-corrected chi connectivity index (χ2v) is 8.21. The van der Waals surface area contributed by atoms with Crippen LogP contribution in [0.3, 0.4) is 0 Å². The third kappa shape index (κ3) is 5.88. The van der Waals surface area contributed by atoms with Gasteiger partial charge in [-0.2, -0.15) is 0 Å². The molecule has 0 aliphatic carbocycles. The minimum Gasteiger partial charge on any atom is -0.493 e. The number of nitrogens with one attached hydrogen (secondary N) is 1. The molecule has 3 rings (SSSR count). The highest BCUT2D eigenvalue weighted by molar-refractivity contribution is 5.49. The lowest BCUT2D eigenvalue weighted by Crippen LogP contribution is -2.30. The predicted octanol–water partition coefficient (Wildman–Crippen LogP) is 2.81. The molecule has 1 N–H and O–H groups in total. The lowest BCUT2D eigenvalue weighted by molar-refractivity contribution is 0.250. The van der Waals surface area contributed by atoms with Gasteiger partial charge in [-0.15, -0.1) is 0 Å². The summed E-state index contributed by atoms with van der Waals surface area (Å²) in [6, 6.07) is 12.8. The van der Waals surface area contributed by atoms with Gasteiger partial charge in [0.15, 0.2) is 11.5 Å². The molecule has 2 aromatic rings. The Labute approximate surface area is 180 Å². The van der Waals surface area contributed by atoms with Crippen molar-refractivity contribution < 1.29 is 14.2 Å². The molecule has 164 valence electrons. The number of methoxy groups -OCH3 is 1. The van der Waals surface area contributed by atoms with Crippen LogP contribution in [0, 0.1) is 0 Å². The van der Waals surface area contributed by atoms with Crippen molar-refractivity contribution in [2.45, 2.75) is 12.5 Å². The molecule has 0 bridgehead atoms. The Hall–Kier alpha value is -2.28. The molecule has 30 heavy (non-hydrogen) atoms. The number of hydrogen-bond donors (Lipinski definition) is 1. The summed E-state index contributed by atoms with van der Waals surface area (Å²) in [4.78, 5) is 4.22. The maximum atomic E-state index is 5.93. The Morgan fingerprint density at radius 1 is 0.900 bits per heavy atom. The van der Waals surface area contributed by atoms with Gasteiger partial charge in [0.1, 0.15) is 19.0 Å². The van der Waals surface area contributed by atoms with Gasteiger partial charge in [-0.25, -0.2) is 0 Å². The van der Waals surface area contributed by atoms with Crippen LogP contribution in [0.4, 0.5) is 0 Å². The largest absolute Gasteiger partial charge is 0.493 e. The monoisotopic (exact) mass is 413 g/mol. The summed E-state index contributed by atoms with van der Waals surface area (Å²) < 4.78 is 17.5. The Morgan fingerprint density at radius 2 is 1.63 bits per heavy atom. The van der Waals surface area contributed by atoms with Crippen molar-refractivity contribution in [3.8, 4) is 17.2 Å². The fourth-order valence-corrected chi connectivity index (χ4v) is 3.60. The zero-order valence-corrected chi connectivity index (χ0v) is 18.9. The summed E-state index contributed by atoms with van der Waals surface area (Å²) >= 11 is 0. The number of ether oxygens (including phenoxy) is 3. The minimum atomic E-state index is 0.134. The van der Waals surface area contributed by atoms with Crippen molar-refractivity contribution in [3.05, 3.63) is 53.1 Å². The van der Waals surface area contributed by atoms with Gasteiger partial charge in [-0.3, -0.25) is 0 Å². The summed E-state index contributed by atoms with van der Waals surface area (Å²) in [6.45, 7) is 4.03. The van der Waals surface area contributed by atoms with Crippen molar-refractivity contribution in [2.24, 2.45) is 0 Å². The highest BCUT2D eigenvalue weighted by atomic mass is 16.5. The first kappa shape index (κ1) is 22.4. The second kappa shape index (κ2) is 10.7. The highest BCUT2D eigenvalue weighted by Gasteiger charge is 2.23. The van der Waals surface area contributed by atoms with Gasteiger partial charge >= 0.3 is 0 Å². The zero-order valence-electron chi connectivity index (χ0n) is 18.9. The molecule has 1 atom stereocenters. The van der Waals surface area contributed by atoms with Gasteiger partial charge in [0.2, 0.25) is 0 Å². The maximum absolute atomic E-state index is 5.93. The topological polar surface area (TPSA) is 46.2 Å². The van der Waals surface area contributed by atoms with E-state index in [0.717, 1.165) is 43.3 Å². The molecule has 0 saturated carbocycles. The first-order valence-electron chi connectivity index (χ1n) is 10.6. The van der Waals surface area contributed by atoms with Crippen LogP contribution in [0.15, 0.2) is 36.4 Å². The van der Waals surface area contributed by atoms with Gasteiger partial charge in [-0.05, 0) is 75.6 Å². The molecule has 1 heterocycles. The Bertz CT molecular complexity index is 823. The molecule has 0 aromatic heterocycles. The molecule has 0 saturated heterocycles. The number of fused-ring (bicyclic) bond motifs is 1. The van der Waals surface area contributed by atoms with Crippen molar-refractivity contribution in [1.82, 2.24) is 15.1 Å². The van der Waals surface area contributed by atoms with Crippen LogP contribution in [0.5, 0.6) is 17.2 Å². The Kier molecular flexibility index (Phi) is 7.96. The number of rotatable bonds is 10. The van der Waals surface area contributed by atoms with Gasteiger partial charge in [-0.1, -0.05) is 12.1 Å². The standard InChI is InChI=1S/C24H35N3O3/c1-26(2)12-14-29-20-7-8-21-18(16-20)10-11-25-24(21)19-6-9-22(23(17-19)28-5)30-15-13-27(3)4/h6-9,16-17,24-25H,10-15H2,1-5H3. The number of benzene rings is 2. The van der Waals surface area contributed by atoms with E-state index in [0.29, 0.717) is 13.2 Å². The van der Waals surface area contributed by atoms with E-state index in [2.05, 4.69) is 59.5 Å². The van der Waals surface area contributed by atoms with Gasteiger partial charge in [0.05, 0.1) is 13.2 Å². The molecule has 0 radical (unpaired) electrons. The molecule has 6 heteroatoms. The molecule has 6 nitrogen and oxygen atoms in total. The van der Waals surface area contributed by atoms with Crippen LogP contribution < -0.4 is 19.5 Å². The van der Waals surface area contributed by atoms with Crippen LogP contribution in [0.2, 0.25) is 0 Å². The van der Waals surface area contributed by atoms with Crippen LogP contribution in [-0.2, 0) is 6.42 Å². The van der Waals surface area contributed by atoms with Gasteiger partial charge < -0.3 is 29.3 Å². The molecule has 0 fully saturated rings. The third-order valence-electron chi connectivity index (χ3n) is 5.29. The predicted molar refractivity (Wildman–Crippen MR) is 121 cm³/mol. The summed E-state index contributed by atoms with van der Waals surface area (Å²) in [5.41, 5.74) is 3.81. The quantitative estimate of drug-likeness (QED) is 0.646. The van der Waals surface area contributed by atoms with E-state index in [9.17, 15) is 0 Å². The molecule has 2 aromatic carbocycles. The average molecular weight is 414 g/mol. The molecule has 1 aliphatic rings. The van der Waals surface area contributed by atoms with Crippen LogP contribution >= 0.6 is 0 Å². The van der Waals surface area contributed by atoms with Gasteiger partial charge in [0, 0.05) is 19.6 Å². The van der Waals surface area contributed by atoms with Crippen LogP contribution in [-0.4, -0.2) is 77.9 Å². The van der Waals surface area contributed by atoms with E-state index in [-0.39, 0.29) is 6.04 Å². The SMILES string of the molecule is COc1cc(C2NCCc3cc(OCCN(C)C)ccc32)ccc1OCCN(C)C. The van der Waals surface area contributed by atoms with E-state index < -0.39 is 0 Å². The fraction of sp³-hybridized carbons (Fsp3) is 0.500. The molecule has 0 spiro atoms. The smallest absolute Gasteiger partial charge is 0.161 e. The first-order chi connectivity index (χ1) is 14.5. The number of likely N-dealkylation sites (N-methyl/N-ethyl adjacent to an activating group) is 2. The summed E-state index contributed by atoms with van der Waals surface area (Å²) in [5.74, 6) is 2.49. The van der Waals surface area contributed by atoms with E-state index in [1.54, 1.807) is 7.11 Å². The lowest BCUT2D eigenvalue weighted by atomic mass is 9.89. The molecule has 1 aliphatic heterocycles. The molecule has 0 amide bonds. The normalized spacial score (nSPS) is 15.9. The minimum absolute atomic E-state index is 0.134. The number of nitrogens with zero attached hydrogens (tertiary/aromatic N) is 2. The lowest BCUT2D eigenvalue weighted by Gasteiger charge is -2.28. The second-order valence-electron chi connectivity index (χ2n) is 8.21. The molecular formula is C24H35N3O3. The maximum Gasteiger partial charge on any atom is 0.161 e. The van der Waals surface area contributed by atoms with Crippen LogP contribution in [0.25, 0.3) is 0 Å². The van der Waals surface area contributed by atoms with Crippen molar-refractivity contribution in [3.63, 3.8) is 0 Å².